The molecule has 0 bridgehead atoms. The van der Waals surface area contributed by atoms with Crippen molar-refractivity contribution in [3.63, 3.8) is 0 Å². The first-order chi connectivity index (χ1) is 13.0. The molecule has 1 N–H and O–H groups in total. The van der Waals surface area contributed by atoms with Gasteiger partial charge < -0.3 is 14.5 Å². The van der Waals surface area contributed by atoms with Crippen LogP contribution in [0.4, 0.5) is 0 Å². The van der Waals surface area contributed by atoms with E-state index in [1.807, 2.05) is 70.2 Å². The van der Waals surface area contributed by atoms with Crippen molar-refractivity contribution in [2.75, 3.05) is 0 Å². The summed E-state index contributed by atoms with van der Waals surface area (Å²) in [5, 5.41) is 9.67. The summed E-state index contributed by atoms with van der Waals surface area (Å²) in [6.07, 6.45) is 1.86. The van der Waals surface area contributed by atoms with Crippen LogP contribution in [-0.2, 0) is 0 Å². The van der Waals surface area contributed by atoms with Crippen molar-refractivity contribution in [1.29, 1.82) is 5.26 Å². The van der Waals surface area contributed by atoms with Crippen molar-refractivity contribution >= 4 is 22.7 Å². The van der Waals surface area contributed by atoms with E-state index in [0.717, 1.165) is 22.3 Å². The first-order valence-electron chi connectivity index (χ1n) is 9.00. The zero-order valence-electron chi connectivity index (χ0n) is 16.0. The number of nitrogens with one attached hydrogen (secondary N) is 1. The Kier molecular flexibility index (Phi) is 5.46. The summed E-state index contributed by atoms with van der Waals surface area (Å²) >= 11 is 0. The first kappa shape index (κ1) is 18.5. The van der Waals surface area contributed by atoms with Crippen molar-refractivity contribution in [2.24, 2.45) is 0 Å². The van der Waals surface area contributed by atoms with Crippen LogP contribution in [0.15, 0.2) is 42.5 Å². The number of hydrogen-bond donors (Lipinski definition) is 1. The largest absolute Gasteiger partial charge is 0.491 e. The highest BCUT2D eigenvalue weighted by molar-refractivity contribution is 5.91. The molecule has 0 fully saturated rings. The highest BCUT2D eigenvalue weighted by Gasteiger charge is 2.12. The molecule has 138 valence electrons. The molecule has 1 heterocycles. The lowest BCUT2D eigenvalue weighted by Crippen LogP contribution is -2.09. The van der Waals surface area contributed by atoms with Crippen molar-refractivity contribution in [3.8, 4) is 17.6 Å². The maximum Gasteiger partial charge on any atom is 0.149 e. The summed E-state index contributed by atoms with van der Waals surface area (Å²) in [5.74, 6) is 1.95. The van der Waals surface area contributed by atoms with Gasteiger partial charge >= 0.3 is 0 Å². The molecule has 27 heavy (non-hydrogen) atoms. The van der Waals surface area contributed by atoms with E-state index in [1.54, 1.807) is 6.08 Å². The molecular weight excluding hydrogens is 338 g/mol. The van der Waals surface area contributed by atoms with Crippen LogP contribution in [0, 0.1) is 11.3 Å². The molecule has 2 aromatic carbocycles. The first-order valence-corrected chi connectivity index (χ1v) is 9.00. The summed E-state index contributed by atoms with van der Waals surface area (Å²) in [6, 6.07) is 15.6. The SMILES string of the molecule is CC(C)Oc1ccc(/C=C(\C#N)c2nc3ccccc3[nH]2)c(OC(C)C)c1. The molecular formula is C22H23N3O2. The van der Waals surface area contributed by atoms with Crippen LogP contribution in [-0.4, -0.2) is 22.2 Å². The highest BCUT2D eigenvalue weighted by atomic mass is 16.5. The lowest BCUT2D eigenvalue weighted by atomic mass is 10.1. The monoisotopic (exact) mass is 361 g/mol. The van der Waals surface area contributed by atoms with Gasteiger partial charge in [0, 0.05) is 11.6 Å². The summed E-state index contributed by atoms with van der Waals surface area (Å²) in [4.78, 5) is 7.71. The lowest BCUT2D eigenvalue weighted by molar-refractivity contribution is 0.229. The number of para-hydroxylation sites is 2. The van der Waals surface area contributed by atoms with Crippen LogP contribution in [0.2, 0.25) is 0 Å². The molecule has 0 radical (unpaired) electrons. The molecule has 5 heteroatoms. The number of benzene rings is 2. The van der Waals surface area contributed by atoms with Gasteiger partial charge in [0.05, 0.1) is 28.8 Å². The van der Waals surface area contributed by atoms with E-state index < -0.39 is 0 Å². The Morgan fingerprint density at radius 2 is 1.81 bits per heavy atom. The Morgan fingerprint density at radius 1 is 1.07 bits per heavy atom. The van der Waals surface area contributed by atoms with Gasteiger partial charge in [0.1, 0.15) is 23.4 Å². The molecule has 0 spiro atoms. The van der Waals surface area contributed by atoms with E-state index in [9.17, 15) is 5.26 Å². The molecule has 5 nitrogen and oxygen atoms in total. The van der Waals surface area contributed by atoms with Gasteiger partial charge in [-0.25, -0.2) is 4.98 Å². The van der Waals surface area contributed by atoms with E-state index in [1.165, 1.54) is 0 Å². The topological polar surface area (TPSA) is 70.9 Å². The Bertz CT molecular complexity index is 977. The molecule has 0 unspecified atom stereocenters. The second kappa shape index (κ2) is 7.96. The van der Waals surface area contributed by atoms with Gasteiger partial charge in [-0.3, -0.25) is 0 Å². The maximum absolute atomic E-state index is 9.67. The predicted molar refractivity (Wildman–Crippen MR) is 108 cm³/mol. The van der Waals surface area contributed by atoms with Gasteiger partial charge in [-0.15, -0.1) is 0 Å². The van der Waals surface area contributed by atoms with Crippen LogP contribution in [0.5, 0.6) is 11.5 Å². The molecule has 3 aromatic rings. The molecule has 0 aliphatic rings. The van der Waals surface area contributed by atoms with E-state index in [-0.39, 0.29) is 12.2 Å². The van der Waals surface area contributed by atoms with E-state index in [2.05, 4.69) is 16.0 Å². The average molecular weight is 361 g/mol. The Morgan fingerprint density at radius 3 is 2.48 bits per heavy atom. The number of aromatic nitrogens is 2. The lowest BCUT2D eigenvalue weighted by Gasteiger charge is -2.16. The fourth-order valence-electron chi connectivity index (χ4n) is 2.72. The zero-order valence-corrected chi connectivity index (χ0v) is 16.0. The number of allylic oxidation sites excluding steroid dienone is 1. The molecule has 1 aromatic heterocycles. The number of fused-ring (bicyclic) bond motifs is 1. The van der Waals surface area contributed by atoms with E-state index in [0.29, 0.717) is 17.1 Å². The van der Waals surface area contributed by atoms with Crippen LogP contribution >= 0.6 is 0 Å². The van der Waals surface area contributed by atoms with Gasteiger partial charge in [-0.05, 0) is 58.0 Å². The highest BCUT2D eigenvalue weighted by Crippen LogP contribution is 2.30. The van der Waals surface area contributed by atoms with Gasteiger partial charge in [-0.2, -0.15) is 5.26 Å². The molecule has 0 saturated carbocycles. The van der Waals surface area contributed by atoms with Crippen molar-refractivity contribution in [3.05, 3.63) is 53.9 Å². The molecule has 0 aliphatic carbocycles. The fraction of sp³-hybridized carbons (Fsp3) is 0.273. The van der Waals surface area contributed by atoms with Crippen LogP contribution in [0.1, 0.15) is 39.1 Å². The van der Waals surface area contributed by atoms with Crippen LogP contribution in [0.25, 0.3) is 22.7 Å². The minimum absolute atomic E-state index is 0.00295. The number of nitrogens with zero attached hydrogens (tertiary/aromatic N) is 2. The molecule has 0 saturated heterocycles. The molecule has 0 amide bonds. The molecule has 0 aliphatic heterocycles. The number of ether oxygens (including phenoxy) is 2. The third kappa shape index (κ3) is 4.48. The van der Waals surface area contributed by atoms with Gasteiger partial charge in [0.2, 0.25) is 0 Å². The number of imidazole rings is 1. The minimum Gasteiger partial charge on any atom is -0.491 e. The van der Waals surface area contributed by atoms with Gasteiger partial charge in [0.15, 0.2) is 0 Å². The van der Waals surface area contributed by atoms with Gasteiger partial charge in [0.25, 0.3) is 0 Å². The van der Waals surface area contributed by atoms with Crippen molar-refractivity contribution < 1.29 is 9.47 Å². The summed E-state index contributed by atoms with van der Waals surface area (Å²) in [5.41, 5.74) is 2.97. The molecule has 3 rings (SSSR count). The number of aromatic amines is 1. The Labute approximate surface area is 159 Å². The standard InChI is InChI=1S/C22H23N3O2/c1-14(2)26-18-10-9-16(21(12-18)27-15(3)4)11-17(13-23)22-24-19-7-5-6-8-20(19)25-22/h5-12,14-15H,1-4H3,(H,24,25)/b17-11+. The smallest absolute Gasteiger partial charge is 0.149 e. The third-order valence-corrected chi connectivity index (χ3v) is 3.78. The summed E-state index contributed by atoms with van der Waals surface area (Å²) in [6.45, 7) is 7.89. The summed E-state index contributed by atoms with van der Waals surface area (Å²) < 4.78 is 11.7. The Hall–Kier alpha value is -3.26. The second-order valence-corrected chi connectivity index (χ2v) is 6.81. The quantitative estimate of drug-likeness (QED) is 0.613. The van der Waals surface area contributed by atoms with E-state index >= 15 is 0 Å². The fourth-order valence-corrected chi connectivity index (χ4v) is 2.72. The minimum atomic E-state index is 0.00295. The van der Waals surface area contributed by atoms with Crippen molar-refractivity contribution in [2.45, 2.75) is 39.9 Å². The van der Waals surface area contributed by atoms with E-state index in [4.69, 9.17) is 9.47 Å². The zero-order chi connectivity index (χ0) is 19.4. The summed E-state index contributed by atoms with van der Waals surface area (Å²) in [7, 11) is 0. The number of H-pyrrole nitrogens is 1. The average Bonchev–Trinajstić information content (AvgIpc) is 3.04. The van der Waals surface area contributed by atoms with Crippen molar-refractivity contribution in [1.82, 2.24) is 9.97 Å². The number of hydrogen-bond acceptors (Lipinski definition) is 4. The predicted octanol–water partition coefficient (Wildman–Crippen LogP) is 5.20. The van der Waals surface area contributed by atoms with Crippen LogP contribution in [0.3, 0.4) is 0 Å². The maximum atomic E-state index is 9.67. The third-order valence-electron chi connectivity index (χ3n) is 3.78. The Balaban J connectivity index is 2.03. The van der Waals surface area contributed by atoms with Crippen LogP contribution < -0.4 is 9.47 Å². The van der Waals surface area contributed by atoms with Gasteiger partial charge in [-0.1, -0.05) is 12.1 Å². The number of rotatable bonds is 6. The normalized spacial score (nSPS) is 11.8. The molecule has 0 atom stereocenters. The number of nitriles is 1. The second-order valence-electron chi connectivity index (χ2n) is 6.81.